The van der Waals surface area contributed by atoms with Gasteiger partial charge < -0.3 is 10.1 Å². The van der Waals surface area contributed by atoms with Gasteiger partial charge in [0.05, 0.1) is 11.4 Å². The van der Waals surface area contributed by atoms with Crippen molar-refractivity contribution in [1.82, 2.24) is 4.90 Å². The van der Waals surface area contributed by atoms with Crippen LogP contribution in [0.15, 0.2) is 65.7 Å². The van der Waals surface area contributed by atoms with Gasteiger partial charge >= 0.3 is 0 Å². The van der Waals surface area contributed by atoms with Gasteiger partial charge in [-0.3, -0.25) is 14.5 Å². The van der Waals surface area contributed by atoms with Crippen LogP contribution in [-0.2, 0) is 14.3 Å². The van der Waals surface area contributed by atoms with Crippen molar-refractivity contribution in [2.45, 2.75) is 25.0 Å². The molecule has 1 aliphatic rings. The highest BCUT2D eigenvalue weighted by Crippen LogP contribution is 2.34. The summed E-state index contributed by atoms with van der Waals surface area (Å²) in [4.78, 5) is 32.2. The molecule has 3 aromatic carbocycles. The Morgan fingerprint density at radius 2 is 1.94 bits per heavy atom. The first-order valence-corrected chi connectivity index (χ1v) is 12.2. The second-order valence-electron chi connectivity index (χ2n) is 7.92. The number of carbonyl (C=O) groups excluding carboxylic acids is 2. The van der Waals surface area contributed by atoms with Crippen molar-refractivity contribution >= 4 is 50.9 Å². The maximum Gasteiger partial charge on any atom is 0.242 e. The van der Waals surface area contributed by atoms with Gasteiger partial charge in [-0.1, -0.05) is 48.2 Å². The molecule has 182 valence electrons. The highest BCUT2D eigenvalue weighted by atomic mass is 32.2. The first kappa shape index (κ1) is 24.8. The first-order valence-electron chi connectivity index (χ1n) is 11.3. The maximum atomic E-state index is 13.9. The summed E-state index contributed by atoms with van der Waals surface area (Å²) < 4.78 is 32.5. The second kappa shape index (κ2) is 11.4. The summed E-state index contributed by atoms with van der Waals surface area (Å²) in [7, 11) is 0. The number of hydrogen-bond acceptors (Lipinski definition) is 5. The van der Waals surface area contributed by atoms with Crippen LogP contribution in [0.3, 0.4) is 0 Å². The summed E-state index contributed by atoms with van der Waals surface area (Å²) in [5, 5.41) is 4.21. The SMILES string of the molecule is CCOCCCN1C(=O)C(CC(=O)Nc2ccc(F)cc2F)SC1=Nc1cccc2ccccc12. The number of thioether (sulfide) groups is 1. The largest absolute Gasteiger partial charge is 0.382 e. The van der Waals surface area contributed by atoms with Crippen LogP contribution >= 0.6 is 11.8 Å². The van der Waals surface area contributed by atoms with Crippen LogP contribution in [0, 0.1) is 11.6 Å². The second-order valence-corrected chi connectivity index (χ2v) is 9.09. The van der Waals surface area contributed by atoms with Gasteiger partial charge in [0.25, 0.3) is 0 Å². The van der Waals surface area contributed by atoms with Crippen molar-refractivity contribution < 1.29 is 23.1 Å². The minimum atomic E-state index is -0.875. The first-order chi connectivity index (χ1) is 17.0. The van der Waals surface area contributed by atoms with E-state index in [0.29, 0.717) is 37.4 Å². The number of nitrogens with one attached hydrogen (secondary N) is 1. The summed E-state index contributed by atoms with van der Waals surface area (Å²) in [6.07, 6.45) is 0.450. The Morgan fingerprint density at radius 1 is 1.14 bits per heavy atom. The number of amides is 2. The number of fused-ring (bicyclic) bond motifs is 1. The molecule has 0 aliphatic carbocycles. The lowest BCUT2D eigenvalue weighted by atomic mass is 10.1. The van der Waals surface area contributed by atoms with E-state index in [-0.39, 0.29) is 18.0 Å². The Labute approximate surface area is 206 Å². The van der Waals surface area contributed by atoms with Crippen molar-refractivity contribution in [2.75, 3.05) is 25.1 Å². The Balaban J connectivity index is 1.54. The Morgan fingerprint density at radius 3 is 2.74 bits per heavy atom. The molecule has 35 heavy (non-hydrogen) atoms. The molecule has 1 heterocycles. The van der Waals surface area contributed by atoms with Gasteiger partial charge in [0.2, 0.25) is 11.8 Å². The molecular weight excluding hydrogens is 472 g/mol. The number of anilines is 1. The maximum absolute atomic E-state index is 13.9. The number of carbonyl (C=O) groups is 2. The van der Waals surface area contributed by atoms with Crippen molar-refractivity contribution in [3.8, 4) is 0 Å². The van der Waals surface area contributed by atoms with Gasteiger partial charge in [-0.15, -0.1) is 0 Å². The van der Waals surface area contributed by atoms with Crippen molar-refractivity contribution in [3.05, 3.63) is 72.3 Å². The van der Waals surface area contributed by atoms with E-state index in [4.69, 9.17) is 9.73 Å². The molecule has 1 atom stereocenters. The molecular formula is C26H25F2N3O3S. The smallest absolute Gasteiger partial charge is 0.242 e. The number of rotatable bonds is 9. The highest BCUT2D eigenvalue weighted by molar-refractivity contribution is 8.15. The quantitative estimate of drug-likeness (QED) is 0.396. The topological polar surface area (TPSA) is 71.0 Å². The highest BCUT2D eigenvalue weighted by Gasteiger charge is 2.39. The number of hydrogen-bond donors (Lipinski definition) is 1. The molecule has 1 aliphatic heterocycles. The van der Waals surface area contributed by atoms with Crippen LogP contribution in [-0.4, -0.2) is 46.9 Å². The van der Waals surface area contributed by atoms with E-state index in [1.165, 1.54) is 11.8 Å². The van der Waals surface area contributed by atoms with Gasteiger partial charge in [-0.25, -0.2) is 13.8 Å². The van der Waals surface area contributed by atoms with Crippen molar-refractivity contribution in [1.29, 1.82) is 0 Å². The van der Waals surface area contributed by atoms with E-state index >= 15 is 0 Å². The van der Waals surface area contributed by atoms with Crippen LogP contribution in [0.5, 0.6) is 0 Å². The molecule has 0 aromatic heterocycles. The van der Waals surface area contributed by atoms with Crippen LogP contribution in [0.4, 0.5) is 20.2 Å². The normalized spacial score (nSPS) is 16.9. The zero-order valence-electron chi connectivity index (χ0n) is 19.2. The third-order valence-corrected chi connectivity index (χ3v) is 6.63. The zero-order valence-corrected chi connectivity index (χ0v) is 20.0. The van der Waals surface area contributed by atoms with Crippen molar-refractivity contribution in [2.24, 2.45) is 4.99 Å². The lowest BCUT2D eigenvalue weighted by Crippen LogP contribution is -2.34. The Hall–Kier alpha value is -3.30. The van der Waals surface area contributed by atoms with Crippen LogP contribution in [0.1, 0.15) is 19.8 Å². The summed E-state index contributed by atoms with van der Waals surface area (Å²) in [6, 6.07) is 16.5. The molecule has 1 N–H and O–H groups in total. The summed E-state index contributed by atoms with van der Waals surface area (Å²) in [5.41, 5.74) is 0.594. The van der Waals surface area contributed by atoms with Gasteiger partial charge in [-0.05, 0) is 36.9 Å². The van der Waals surface area contributed by atoms with Crippen LogP contribution in [0.25, 0.3) is 10.8 Å². The molecule has 0 radical (unpaired) electrons. The van der Waals surface area contributed by atoms with E-state index in [0.717, 1.165) is 28.6 Å². The average molecular weight is 498 g/mol. The fourth-order valence-corrected chi connectivity index (χ4v) is 4.95. The van der Waals surface area contributed by atoms with Crippen LogP contribution in [0.2, 0.25) is 0 Å². The van der Waals surface area contributed by atoms with E-state index in [1.54, 1.807) is 4.90 Å². The number of nitrogens with zero attached hydrogens (tertiary/aromatic N) is 2. The van der Waals surface area contributed by atoms with E-state index < -0.39 is 22.8 Å². The third-order valence-electron chi connectivity index (χ3n) is 5.45. The third kappa shape index (κ3) is 6.04. The lowest BCUT2D eigenvalue weighted by molar-refractivity contribution is -0.128. The molecule has 0 bridgehead atoms. The molecule has 1 unspecified atom stereocenters. The summed E-state index contributed by atoms with van der Waals surface area (Å²) >= 11 is 1.21. The minimum absolute atomic E-state index is 0.134. The zero-order chi connectivity index (χ0) is 24.8. The Bertz CT molecular complexity index is 1260. The molecule has 9 heteroatoms. The summed E-state index contributed by atoms with van der Waals surface area (Å²) in [5.74, 6) is -2.39. The molecule has 1 saturated heterocycles. The van der Waals surface area contributed by atoms with Crippen molar-refractivity contribution in [3.63, 3.8) is 0 Å². The fraction of sp³-hybridized carbons (Fsp3) is 0.269. The molecule has 6 nitrogen and oxygen atoms in total. The van der Waals surface area contributed by atoms with Gasteiger partial charge in [0, 0.05) is 37.6 Å². The van der Waals surface area contributed by atoms with E-state index in [2.05, 4.69) is 5.32 Å². The minimum Gasteiger partial charge on any atom is -0.382 e. The molecule has 1 fully saturated rings. The van der Waals surface area contributed by atoms with Gasteiger partial charge in [0.1, 0.15) is 16.9 Å². The molecule has 4 rings (SSSR count). The van der Waals surface area contributed by atoms with E-state index in [1.807, 2.05) is 49.4 Å². The number of halogens is 2. The number of ether oxygens (including phenoxy) is 1. The number of benzene rings is 3. The molecule has 3 aromatic rings. The number of amidine groups is 1. The molecule has 2 amide bonds. The molecule has 0 spiro atoms. The van der Waals surface area contributed by atoms with E-state index in [9.17, 15) is 18.4 Å². The number of aliphatic imine (C=N–C) groups is 1. The van der Waals surface area contributed by atoms with Gasteiger partial charge in [-0.2, -0.15) is 0 Å². The average Bonchev–Trinajstić information content (AvgIpc) is 3.12. The monoisotopic (exact) mass is 497 g/mol. The van der Waals surface area contributed by atoms with Gasteiger partial charge in [0.15, 0.2) is 5.17 Å². The predicted octanol–water partition coefficient (Wildman–Crippen LogP) is 5.50. The Kier molecular flexibility index (Phi) is 8.09. The fourth-order valence-electron chi connectivity index (χ4n) is 3.77. The predicted molar refractivity (Wildman–Crippen MR) is 135 cm³/mol. The lowest BCUT2D eigenvalue weighted by Gasteiger charge is -2.16. The van der Waals surface area contributed by atoms with Crippen LogP contribution < -0.4 is 5.32 Å². The summed E-state index contributed by atoms with van der Waals surface area (Å²) in [6.45, 7) is 3.40. The molecule has 0 saturated carbocycles. The standard InChI is InChI=1S/C26H25F2N3O3S/c1-2-34-14-6-13-31-25(33)23(16-24(32)29-22-12-11-18(27)15-20(22)28)35-26(31)30-21-10-5-8-17-7-3-4-9-19(17)21/h3-5,7-12,15,23H,2,6,13-14,16H2,1H3,(H,29,32).